The van der Waals surface area contributed by atoms with Gasteiger partial charge in [-0.05, 0) is 45.1 Å². The van der Waals surface area contributed by atoms with E-state index in [0.717, 1.165) is 31.5 Å². The molecule has 1 aromatic rings. The van der Waals surface area contributed by atoms with Crippen LogP contribution in [-0.2, 0) is 16.8 Å². The summed E-state index contributed by atoms with van der Waals surface area (Å²) < 4.78 is 11.1. The van der Waals surface area contributed by atoms with Crippen LogP contribution in [-0.4, -0.2) is 30.3 Å². The number of hydrogen-bond donors (Lipinski definition) is 1. The molecule has 0 saturated heterocycles. The van der Waals surface area contributed by atoms with Crippen LogP contribution in [0.4, 0.5) is 0 Å². The number of rotatable bonds is 7. The van der Waals surface area contributed by atoms with E-state index in [2.05, 4.69) is 29.3 Å². The fourth-order valence-electron chi connectivity index (χ4n) is 3.07. The van der Waals surface area contributed by atoms with E-state index in [-0.39, 0.29) is 5.60 Å². The highest BCUT2D eigenvalue weighted by Gasteiger charge is 2.40. The third-order valence-corrected chi connectivity index (χ3v) is 4.26. The summed E-state index contributed by atoms with van der Waals surface area (Å²) in [5, 5.41) is 7.49. The van der Waals surface area contributed by atoms with Gasteiger partial charge in [0.2, 0.25) is 11.7 Å². The number of hydrogen-bond acceptors (Lipinski definition) is 5. The smallest absolute Gasteiger partial charge is 0.228 e. The molecule has 1 unspecified atom stereocenters. The predicted molar refractivity (Wildman–Crippen MR) is 77.5 cm³/mol. The molecular weight excluding hydrogens is 254 g/mol. The minimum Gasteiger partial charge on any atom is -0.370 e. The van der Waals surface area contributed by atoms with Crippen molar-refractivity contribution in [2.45, 2.75) is 64.0 Å². The lowest BCUT2D eigenvalue weighted by molar-refractivity contribution is -0.0178. The molecule has 0 aliphatic heterocycles. The Bertz CT molecular complexity index is 411. The van der Waals surface area contributed by atoms with Gasteiger partial charge in [-0.2, -0.15) is 4.98 Å². The molecule has 1 N–H and O–H groups in total. The van der Waals surface area contributed by atoms with E-state index < -0.39 is 0 Å². The number of nitrogens with zero attached hydrogens (tertiary/aromatic N) is 2. The van der Waals surface area contributed by atoms with E-state index in [1.54, 1.807) is 7.11 Å². The highest BCUT2D eigenvalue weighted by atomic mass is 16.5. The molecular formula is C15H27N3O2. The predicted octanol–water partition coefficient (Wildman–Crippen LogP) is 2.66. The first-order valence-corrected chi connectivity index (χ1v) is 7.65. The Morgan fingerprint density at radius 1 is 1.35 bits per heavy atom. The molecule has 1 aliphatic carbocycles. The van der Waals surface area contributed by atoms with Crippen molar-refractivity contribution in [3.8, 4) is 0 Å². The van der Waals surface area contributed by atoms with E-state index >= 15 is 0 Å². The fourth-order valence-corrected chi connectivity index (χ4v) is 3.07. The number of aromatic nitrogens is 2. The zero-order chi connectivity index (χ0) is 14.6. The van der Waals surface area contributed by atoms with Crippen molar-refractivity contribution in [1.82, 2.24) is 15.5 Å². The molecule has 5 heteroatoms. The molecule has 0 radical (unpaired) electrons. The molecule has 1 atom stereocenters. The van der Waals surface area contributed by atoms with Crippen molar-refractivity contribution in [1.29, 1.82) is 0 Å². The lowest BCUT2D eigenvalue weighted by Gasteiger charge is -2.22. The Morgan fingerprint density at radius 3 is 2.60 bits per heavy atom. The van der Waals surface area contributed by atoms with Crippen molar-refractivity contribution in [2.24, 2.45) is 5.92 Å². The van der Waals surface area contributed by atoms with Crippen LogP contribution in [0.5, 0.6) is 0 Å². The monoisotopic (exact) mass is 281 g/mol. The topological polar surface area (TPSA) is 60.2 Å². The molecule has 1 heterocycles. The Morgan fingerprint density at radius 2 is 2.05 bits per heavy atom. The van der Waals surface area contributed by atoms with E-state index in [9.17, 15) is 0 Å². The number of ether oxygens (including phenoxy) is 1. The molecule has 2 rings (SSSR count). The second kappa shape index (κ2) is 6.68. The van der Waals surface area contributed by atoms with Crippen molar-refractivity contribution < 1.29 is 9.26 Å². The van der Waals surface area contributed by atoms with Crippen LogP contribution in [0.2, 0.25) is 0 Å². The first-order valence-electron chi connectivity index (χ1n) is 7.65. The van der Waals surface area contributed by atoms with Gasteiger partial charge < -0.3 is 14.6 Å². The molecule has 0 spiro atoms. The summed E-state index contributed by atoms with van der Waals surface area (Å²) in [7, 11) is 3.73. The molecule has 0 aromatic carbocycles. The van der Waals surface area contributed by atoms with Gasteiger partial charge in [-0.15, -0.1) is 0 Å². The molecule has 0 bridgehead atoms. The van der Waals surface area contributed by atoms with E-state index in [0.29, 0.717) is 17.9 Å². The minimum atomic E-state index is -0.311. The van der Waals surface area contributed by atoms with E-state index in [1.165, 1.54) is 12.8 Å². The Labute approximate surface area is 121 Å². The van der Waals surface area contributed by atoms with Crippen molar-refractivity contribution >= 4 is 0 Å². The Balaban J connectivity index is 2.04. The summed E-state index contributed by atoms with van der Waals surface area (Å²) in [5.74, 6) is 2.09. The molecule has 114 valence electrons. The van der Waals surface area contributed by atoms with Crippen molar-refractivity contribution in [2.75, 3.05) is 14.2 Å². The van der Waals surface area contributed by atoms with E-state index in [1.807, 2.05) is 7.05 Å². The first-order chi connectivity index (χ1) is 9.59. The first kappa shape index (κ1) is 15.4. The van der Waals surface area contributed by atoms with Gasteiger partial charge in [0.15, 0.2) is 0 Å². The average Bonchev–Trinajstić information content (AvgIpc) is 3.06. The zero-order valence-electron chi connectivity index (χ0n) is 13.1. The normalized spacial score (nSPS) is 19.6. The summed E-state index contributed by atoms with van der Waals surface area (Å²) in [6.07, 6.45) is 6.20. The summed E-state index contributed by atoms with van der Waals surface area (Å²) in [6, 6.07) is 0.380. The molecule has 5 nitrogen and oxygen atoms in total. The van der Waals surface area contributed by atoms with Crippen LogP contribution in [0.15, 0.2) is 4.52 Å². The van der Waals surface area contributed by atoms with Gasteiger partial charge in [-0.3, -0.25) is 0 Å². The fraction of sp³-hybridized carbons (Fsp3) is 0.867. The highest BCUT2D eigenvalue weighted by Crippen LogP contribution is 2.40. The summed E-state index contributed by atoms with van der Waals surface area (Å²) in [5.41, 5.74) is -0.311. The van der Waals surface area contributed by atoms with Gasteiger partial charge in [0.1, 0.15) is 5.60 Å². The summed E-state index contributed by atoms with van der Waals surface area (Å²) in [4.78, 5) is 4.59. The van der Waals surface area contributed by atoms with Crippen LogP contribution >= 0.6 is 0 Å². The molecule has 1 fully saturated rings. The van der Waals surface area contributed by atoms with Crippen LogP contribution < -0.4 is 5.32 Å². The molecule has 1 aromatic heterocycles. The van der Waals surface area contributed by atoms with Gasteiger partial charge >= 0.3 is 0 Å². The third kappa shape index (κ3) is 3.38. The Hall–Kier alpha value is -0.940. The maximum absolute atomic E-state index is 5.69. The van der Waals surface area contributed by atoms with Gasteiger partial charge in [0, 0.05) is 19.6 Å². The van der Waals surface area contributed by atoms with Crippen LogP contribution in [0, 0.1) is 5.92 Å². The van der Waals surface area contributed by atoms with Gasteiger partial charge in [0.05, 0.1) is 0 Å². The second-order valence-corrected chi connectivity index (χ2v) is 6.24. The quantitative estimate of drug-likeness (QED) is 0.832. The largest absolute Gasteiger partial charge is 0.370 e. The van der Waals surface area contributed by atoms with Crippen LogP contribution in [0.3, 0.4) is 0 Å². The maximum atomic E-state index is 5.69. The van der Waals surface area contributed by atoms with Crippen LogP contribution in [0.1, 0.15) is 57.7 Å². The summed E-state index contributed by atoms with van der Waals surface area (Å²) >= 11 is 0. The van der Waals surface area contributed by atoms with Gasteiger partial charge in [0.25, 0.3) is 0 Å². The highest BCUT2D eigenvalue weighted by molar-refractivity contribution is 5.05. The van der Waals surface area contributed by atoms with E-state index in [4.69, 9.17) is 9.26 Å². The van der Waals surface area contributed by atoms with Crippen molar-refractivity contribution in [3.05, 3.63) is 11.7 Å². The number of nitrogens with one attached hydrogen (secondary N) is 1. The molecule has 0 amide bonds. The lowest BCUT2D eigenvalue weighted by Crippen LogP contribution is -2.29. The molecule has 1 aliphatic rings. The number of likely N-dealkylation sites (N-methyl/N-ethyl adjacent to an activating group) is 1. The number of methoxy groups -OCH3 is 1. The lowest BCUT2D eigenvalue weighted by atomic mass is 10.0. The Kier molecular flexibility index (Phi) is 5.16. The minimum absolute atomic E-state index is 0.311. The SMILES string of the molecule is CNC(Cc1nc(C2(OC)CCCC2)no1)CC(C)C. The zero-order valence-corrected chi connectivity index (χ0v) is 13.1. The third-order valence-electron chi connectivity index (χ3n) is 4.26. The van der Waals surface area contributed by atoms with Crippen molar-refractivity contribution in [3.63, 3.8) is 0 Å². The van der Waals surface area contributed by atoms with Crippen LogP contribution in [0.25, 0.3) is 0 Å². The standard InChI is InChI=1S/C15H27N3O2/c1-11(2)9-12(16-3)10-13-17-14(18-20-13)15(19-4)7-5-6-8-15/h11-12,16H,5-10H2,1-4H3. The molecule has 1 saturated carbocycles. The second-order valence-electron chi connectivity index (χ2n) is 6.24. The van der Waals surface area contributed by atoms with Gasteiger partial charge in [-0.25, -0.2) is 0 Å². The summed E-state index contributed by atoms with van der Waals surface area (Å²) in [6.45, 7) is 4.45. The average molecular weight is 281 g/mol. The van der Waals surface area contributed by atoms with Gasteiger partial charge in [-0.1, -0.05) is 19.0 Å². The molecule has 20 heavy (non-hydrogen) atoms. The maximum Gasteiger partial charge on any atom is 0.228 e.